The van der Waals surface area contributed by atoms with Crippen molar-refractivity contribution in [3.05, 3.63) is 85.5 Å². The maximum Gasteiger partial charge on any atom is 0.137 e. The Balaban J connectivity index is 1.76. The maximum absolute atomic E-state index is 4.76. The Kier molecular flexibility index (Phi) is 2.76. The van der Waals surface area contributed by atoms with Gasteiger partial charge in [-0.3, -0.25) is 4.57 Å². The number of benzene rings is 2. The van der Waals surface area contributed by atoms with E-state index in [0.29, 0.717) is 0 Å². The second-order valence-corrected chi connectivity index (χ2v) is 5.71. The number of imidazole rings is 2. The SMILES string of the molecule is c1ccc(-n2cnc3ccccc32)c(-c2cn3ccccc3n2)c1. The van der Waals surface area contributed by atoms with Crippen LogP contribution in [0.25, 0.3) is 33.6 Å². The molecule has 4 heteroatoms. The van der Waals surface area contributed by atoms with Gasteiger partial charge in [0.05, 0.1) is 22.4 Å². The van der Waals surface area contributed by atoms with Crippen LogP contribution in [0.2, 0.25) is 0 Å². The summed E-state index contributed by atoms with van der Waals surface area (Å²) < 4.78 is 4.16. The molecule has 0 amide bonds. The molecule has 0 bridgehead atoms. The molecule has 0 aliphatic carbocycles. The number of hydrogen-bond donors (Lipinski definition) is 0. The maximum atomic E-state index is 4.76. The first-order valence-corrected chi connectivity index (χ1v) is 7.86. The third kappa shape index (κ3) is 1.93. The van der Waals surface area contributed by atoms with E-state index in [2.05, 4.69) is 33.9 Å². The lowest BCUT2D eigenvalue weighted by atomic mass is 10.1. The van der Waals surface area contributed by atoms with E-state index in [1.165, 1.54) is 0 Å². The van der Waals surface area contributed by atoms with Gasteiger partial charge in [0.25, 0.3) is 0 Å². The first-order chi connectivity index (χ1) is 11.9. The van der Waals surface area contributed by atoms with Crippen LogP contribution in [-0.2, 0) is 0 Å². The van der Waals surface area contributed by atoms with Crippen molar-refractivity contribution in [2.24, 2.45) is 0 Å². The minimum Gasteiger partial charge on any atom is -0.306 e. The molecule has 24 heavy (non-hydrogen) atoms. The lowest BCUT2D eigenvalue weighted by molar-refractivity contribution is 1.09. The summed E-state index contributed by atoms with van der Waals surface area (Å²) in [5, 5.41) is 0. The van der Waals surface area contributed by atoms with Crippen LogP contribution in [0.3, 0.4) is 0 Å². The summed E-state index contributed by atoms with van der Waals surface area (Å²) in [5.74, 6) is 0. The summed E-state index contributed by atoms with van der Waals surface area (Å²) in [6, 6.07) is 22.5. The van der Waals surface area contributed by atoms with Crippen LogP contribution in [0.5, 0.6) is 0 Å². The summed E-state index contributed by atoms with van der Waals surface area (Å²) in [6.07, 6.45) is 5.95. The third-order valence-electron chi connectivity index (χ3n) is 4.26. The lowest BCUT2D eigenvalue weighted by Crippen LogP contribution is -1.95. The van der Waals surface area contributed by atoms with Crippen LogP contribution in [0, 0.1) is 0 Å². The van der Waals surface area contributed by atoms with Crippen molar-refractivity contribution < 1.29 is 0 Å². The fourth-order valence-corrected chi connectivity index (χ4v) is 3.12. The molecule has 0 spiro atoms. The van der Waals surface area contributed by atoms with E-state index in [1.54, 1.807) is 0 Å². The smallest absolute Gasteiger partial charge is 0.137 e. The molecule has 0 N–H and O–H groups in total. The summed E-state index contributed by atoms with van der Waals surface area (Å²) in [7, 11) is 0. The molecule has 0 saturated carbocycles. The van der Waals surface area contributed by atoms with Gasteiger partial charge in [-0.25, -0.2) is 9.97 Å². The van der Waals surface area contributed by atoms with Crippen molar-refractivity contribution in [2.45, 2.75) is 0 Å². The molecule has 0 aliphatic rings. The fraction of sp³-hybridized carbons (Fsp3) is 0. The monoisotopic (exact) mass is 310 g/mol. The largest absolute Gasteiger partial charge is 0.306 e. The van der Waals surface area contributed by atoms with Gasteiger partial charge in [-0.15, -0.1) is 0 Å². The first-order valence-electron chi connectivity index (χ1n) is 7.86. The van der Waals surface area contributed by atoms with Crippen molar-refractivity contribution in [3.63, 3.8) is 0 Å². The van der Waals surface area contributed by atoms with Gasteiger partial charge in [0, 0.05) is 18.0 Å². The van der Waals surface area contributed by atoms with Crippen LogP contribution in [0.15, 0.2) is 85.5 Å². The van der Waals surface area contributed by atoms with Crippen LogP contribution in [-0.4, -0.2) is 18.9 Å². The Labute approximate surface area is 138 Å². The number of nitrogens with zero attached hydrogens (tertiary/aromatic N) is 4. The first kappa shape index (κ1) is 13.1. The van der Waals surface area contributed by atoms with Crippen LogP contribution in [0.1, 0.15) is 0 Å². The highest BCUT2D eigenvalue weighted by atomic mass is 15.1. The molecule has 2 aromatic carbocycles. The van der Waals surface area contributed by atoms with Crippen LogP contribution < -0.4 is 0 Å². The minimum atomic E-state index is 0.942. The van der Waals surface area contributed by atoms with E-state index in [1.807, 2.05) is 65.5 Å². The molecule has 5 rings (SSSR count). The number of fused-ring (bicyclic) bond motifs is 2. The zero-order valence-electron chi connectivity index (χ0n) is 12.9. The number of pyridine rings is 1. The van der Waals surface area contributed by atoms with Gasteiger partial charge in [-0.1, -0.05) is 36.4 Å². The number of rotatable bonds is 2. The molecule has 4 nitrogen and oxygen atoms in total. The topological polar surface area (TPSA) is 35.1 Å². The number of para-hydroxylation sites is 3. The number of hydrogen-bond acceptors (Lipinski definition) is 2. The predicted molar refractivity (Wildman–Crippen MR) is 95.3 cm³/mol. The zero-order chi connectivity index (χ0) is 15.9. The van der Waals surface area contributed by atoms with E-state index < -0.39 is 0 Å². The highest BCUT2D eigenvalue weighted by Crippen LogP contribution is 2.28. The van der Waals surface area contributed by atoms with E-state index in [9.17, 15) is 0 Å². The van der Waals surface area contributed by atoms with Gasteiger partial charge in [0.2, 0.25) is 0 Å². The fourth-order valence-electron chi connectivity index (χ4n) is 3.12. The second-order valence-electron chi connectivity index (χ2n) is 5.71. The molecule has 0 saturated heterocycles. The Morgan fingerprint density at radius 3 is 2.58 bits per heavy atom. The molecule has 0 radical (unpaired) electrons. The van der Waals surface area contributed by atoms with Gasteiger partial charge in [-0.05, 0) is 30.3 Å². The quantitative estimate of drug-likeness (QED) is 0.486. The summed E-state index contributed by atoms with van der Waals surface area (Å²) in [4.78, 5) is 9.27. The third-order valence-corrected chi connectivity index (χ3v) is 4.26. The van der Waals surface area contributed by atoms with Crippen LogP contribution >= 0.6 is 0 Å². The van der Waals surface area contributed by atoms with Crippen molar-refractivity contribution in [2.75, 3.05) is 0 Å². The standard InChI is InChI=1S/C20H14N4/c1-3-9-18(24-14-21-16-8-2-4-10-19(16)24)15(7-1)17-13-23-12-6-5-11-20(23)22-17/h1-14H. The molecule has 0 unspecified atom stereocenters. The molecule has 0 atom stereocenters. The molecular weight excluding hydrogens is 296 g/mol. The molecule has 114 valence electrons. The van der Waals surface area contributed by atoms with Gasteiger partial charge >= 0.3 is 0 Å². The van der Waals surface area contributed by atoms with E-state index in [-0.39, 0.29) is 0 Å². The van der Waals surface area contributed by atoms with Crippen molar-refractivity contribution in [1.29, 1.82) is 0 Å². The van der Waals surface area contributed by atoms with Crippen LogP contribution in [0.4, 0.5) is 0 Å². The van der Waals surface area contributed by atoms with Gasteiger partial charge in [0.1, 0.15) is 12.0 Å². The van der Waals surface area contributed by atoms with Crippen molar-refractivity contribution in [1.82, 2.24) is 18.9 Å². The highest BCUT2D eigenvalue weighted by molar-refractivity contribution is 5.81. The average molecular weight is 310 g/mol. The van der Waals surface area contributed by atoms with Gasteiger partial charge in [0.15, 0.2) is 0 Å². The molecule has 5 aromatic rings. The van der Waals surface area contributed by atoms with E-state index in [0.717, 1.165) is 33.6 Å². The molecule has 3 aromatic heterocycles. The number of aromatic nitrogens is 4. The molecule has 3 heterocycles. The average Bonchev–Trinajstić information content (AvgIpc) is 3.26. The van der Waals surface area contributed by atoms with Gasteiger partial charge in [-0.2, -0.15) is 0 Å². The molecule has 0 aliphatic heterocycles. The zero-order valence-corrected chi connectivity index (χ0v) is 12.9. The summed E-state index contributed by atoms with van der Waals surface area (Å²) in [5.41, 5.74) is 6.14. The summed E-state index contributed by atoms with van der Waals surface area (Å²) >= 11 is 0. The molecular formula is C20H14N4. The van der Waals surface area contributed by atoms with Gasteiger partial charge < -0.3 is 4.40 Å². The Hall–Kier alpha value is -3.40. The second kappa shape index (κ2) is 5.06. The molecule has 0 fully saturated rings. The minimum absolute atomic E-state index is 0.942. The lowest BCUT2D eigenvalue weighted by Gasteiger charge is -2.09. The van der Waals surface area contributed by atoms with Crippen molar-refractivity contribution >= 4 is 16.7 Å². The summed E-state index contributed by atoms with van der Waals surface area (Å²) in [6.45, 7) is 0. The Bertz CT molecular complexity index is 1130. The Morgan fingerprint density at radius 2 is 1.62 bits per heavy atom. The van der Waals surface area contributed by atoms with E-state index >= 15 is 0 Å². The normalized spacial score (nSPS) is 11.3. The highest BCUT2D eigenvalue weighted by Gasteiger charge is 2.12. The predicted octanol–water partition coefficient (Wildman–Crippen LogP) is 4.34. The Morgan fingerprint density at radius 1 is 0.792 bits per heavy atom. The van der Waals surface area contributed by atoms with E-state index in [4.69, 9.17) is 4.98 Å². The van der Waals surface area contributed by atoms with Crippen molar-refractivity contribution in [3.8, 4) is 16.9 Å².